The molecule has 0 saturated carbocycles. The van der Waals surface area contributed by atoms with Crippen molar-refractivity contribution in [3.63, 3.8) is 0 Å². The summed E-state index contributed by atoms with van der Waals surface area (Å²) in [7, 11) is 0. The van der Waals surface area contributed by atoms with E-state index in [0.29, 0.717) is 21.8 Å². The van der Waals surface area contributed by atoms with Gasteiger partial charge in [0, 0.05) is 25.4 Å². The first-order valence-electron chi connectivity index (χ1n) is 13.6. The zero-order valence-electron chi connectivity index (χ0n) is 23.4. The van der Waals surface area contributed by atoms with Gasteiger partial charge in [0.25, 0.3) is 17.7 Å². The number of benzene rings is 2. The van der Waals surface area contributed by atoms with Crippen LogP contribution in [0.4, 0.5) is 8.78 Å². The molecule has 1 aliphatic heterocycles. The third-order valence-electron chi connectivity index (χ3n) is 7.08. The van der Waals surface area contributed by atoms with Crippen molar-refractivity contribution in [1.29, 1.82) is 0 Å². The van der Waals surface area contributed by atoms with E-state index in [4.69, 9.17) is 4.74 Å². The molecule has 9 nitrogen and oxygen atoms in total. The van der Waals surface area contributed by atoms with Crippen LogP contribution in [0.25, 0.3) is 0 Å². The summed E-state index contributed by atoms with van der Waals surface area (Å²) >= 11 is 0. The molecule has 3 unspecified atom stereocenters. The Morgan fingerprint density at radius 2 is 1.74 bits per heavy atom. The number of carbonyl (C=O) groups excluding carboxylic acids is 3. The van der Waals surface area contributed by atoms with E-state index in [1.807, 2.05) is 32.0 Å². The highest BCUT2D eigenvalue weighted by atomic mass is 19.3. The largest absolute Gasteiger partial charge is 0.483 e. The molecular weight excluding hydrogens is 546 g/mol. The van der Waals surface area contributed by atoms with Crippen molar-refractivity contribution < 1.29 is 33.0 Å². The maximum Gasteiger partial charge on any atom is 0.267 e. The summed E-state index contributed by atoms with van der Waals surface area (Å²) < 4.78 is 34.8. The van der Waals surface area contributed by atoms with E-state index in [2.05, 4.69) is 15.6 Å². The molecule has 0 bridgehead atoms. The molecule has 3 amide bonds. The van der Waals surface area contributed by atoms with Crippen molar-refractivity contribution in [3.05, 3.63) is 95.3 Å². The zero-order chi connectivity index (χ0) is 30.3. The third-order valence-corrected chi connectivity index (χ3v) is 7.08. The van der Waals surface area contributed by atoms with Crippen LogP contribution in [-0.4, -0.2) is 70.0 Å². The number of nitrogens with zero attached hydrogens (tertiary/aromatic N) is 2. The third kappa shape index (κ3) is 7.88. The van der Waals surface area contributed by atoms with E-state index in [1.165, 1.54) is 6.20 Å². The summed E-state index contributed by atoms with van der Waals surface area (Å²) in [4.78, 5) is 44.0. The first-order chi connectivity index (χ1) is 20.0. The smallest absolute Gasteiger partial charge is 0.267 e. The van der Waals surface area contributed by atoms with E-state index >= 15 is 0 Å². The Balaban J connectivity index is 1.48. The fourth-order valence-electron chi connectivity index (χ4n) is 4.96. The highest BCUT2D eigenvalue weighted by Crippen LogP contribution is 2.33. The predicted octanol–water partition coefficient (Wildman–Crippen LogP) is 2.72. The van der Waals surface area contributed by atoms with Gasteiger partial charge in [-0.25, -0.2) is 8.78 Å². The lowest BCUT2D eigenvalue weighted by molar-refractivity contribution is -0.147. The second kappa shape index (κ2) is 13.5. The molecule has 0 aliphatic carbocycles. The Morgan fingerprint density at radius 3 is 2.40 bits per heavy atom. The quantitative estimate of drug-likeness (QED) is 0.321. The number of aromatic nitrogens is 1. The molecule has 11 heteroatoms. The van der Waals surface area contributed by atoms with Gasteiger partial charge < -0.3 is 25.4 Å². The van der Waals surface area contributed by atoms with Crippen molar-refractivity contribution in [2.75, 3.05) is 13.2 Å². The number of nitrogens with one attached hydrogen (secondary N) is 2. The molecule has 3 N–H and O–H groups in total. The van der Waals surface area contributed by atoms with Crippen LogP contribution in [0.15, 0.2) is 73.1 Å². The van der Waals surface area contributed by atoms with Gasteiger partial charge in [-0.2, -0.15) is 0 Å². The molecule has 1 aliphatic rings. The lowest BCUT2D eigenvalue weighted by Crippen LogP contribution is -2.56. The number of amides is 3. The lowest BCUT2D eigenvalue weighted by atomic mass is 9.99. The Kier molecular flexibility index (Phi) is 9.84. The molecule has 0 spiro atoms. The first kappa shape index (κ1) is 30.6. The van der Waals surface area contributed by atoms with Gasteiger partial charge in [0.1, 0.15) is 11.8 Å². The number of rotatable bonds is 11. The number of likely N-dealkylation sites (tertiary alicyclic amines) is 1. The van der Waals surface area contributed by atoms with E-state index < -0.39 is 54.8 Å². The second-order valence-electron chi connectivity index (χ2n) is 10.4. The minimum atomic E-state index is -3.33. The van der Waals surface area contributed by atoms with Gasteiger partial charge in [-0.1, -0.05) is 54.6 Å². The van der Waals surface area contributed by atoms with Crippen LogP contribution in [0, 0.1) is 13.8 Å². The van der Waals surface area contributed by atoms with Crippen LogP contribution < -0.4 is 15.4 Å². The van der Waals surface area contributed by atoms with Crippen LogP contribution in [0.5, 0.6) is 5.75 Å². The Morgan fingerprint density at radius 1 is 1.05 bits per heavy atom. The van der Waals surface area contributed by atoms with E-state index in [1.54, 1.807) is 48.7 Å². The van der Waals surface area contributed by atoms with E-state index in [0.717, 1.165) is 11.1 Å². The summed E-state index contributed by atoms with van der Waals surface area (Å²) in [6.45, 7) is 2.30. The van der Waals surface area contributed by atoms with Gasteiger partial charge in [0.2, 0.25) is 5.91 Å². The monoisotopic (exact) mass is 580 g/mol. The number of ether oxygens (including phenoxy) is 1. The summed E-state index contributed by atoms with van der Waals surface area (Å²) in [6, 6.07) is 15.1. The number of hydrogen-bond donors (Lipinski definition) is 3. The van der Waals surface area contributed by atoms with Crippen molar-refractivity contribution in [3.8, 4) is 5.75 Å². The second-order valence-corrected chi connectivity index (χ2v) is 10.4. The molecule has 4 rings (SSSR count). The van der Waals surface area contributed by atoms with Crippen molar-refractivity contribution in [1.82, 2.24) is 20.5 Å². The Hall–Kier alpha value is -4.38. The number of alkyl halides is 2. The first-order valence-corrected chi connectivity index (χ1v) is 13.6. The fourth-order valence-corrected chi connectivity index (χ4v) is 4.96. The summed E-state index contributed by atoms with van der Waals surface area (Å²) in [6.07, 6.45) is 0.327. The van der Waals surface area contributed by atoms with Crippen LogP contribution >= 0.6 is 0 Å². The van der Waals surface area contributed by atoms with Crippen LogP contribution in [-0.2, 0) is 27.3 Å². The van der Waals surface area contributed by atoms with Gasteiger partial charge in [-0.3, -0.25) is 19.4 Å². The average Bonchev–Trinajstić information content (AvgIpc) is 3.31. The normalized spacial score (nSPS) is 17.3. The zero-order valence-corrected chi connectivity index (χ0v) is 23.4. The van der Waals surface area contributed by atoms with Gasteiger partial charge in [-0.05, 0) is 48.6 Å². The fraction of sp³-hybridized carbons (Fsp3) is 0.355. The topological polar surface area (TPSA) is 121 Å². The van der Waals surface area contributed by atoms with Crippen molar-refractivity contribution >= 4 is 17.7 Å². The number of aliphatic hydroxyl groups excluding tert-OH is 1. The summed E-state index contributed by atoms with van der Waals surface area (Å²) in [5, 5.41) is 16.4. The van der Waals surface area contributed by atoms with Crippen LogP contribution in [0.2, 0.25) is 0 Å². The van der Waals surface area contributed by atoms with Crippen molar-refractivity contribution in [2.24, 2.45) is 0 Å². The number of halogens is 2. The van der Waals surface area contributed by atoms with E-state index in [9.17, 15) is 28.3 Å². The molecule has 0 radical (unpaired) electrons. The molecule has 3 atom stereocenters. The summed E-state index contributed by atoms with van der Waals surface area (Å²) in [5.74, 6) is -5.25. The molecule has 1 fully saturated rings. The molecule has 1 aromatic heterocycles. The lowest BCUT2D eigenvalue weighted by Gasteiger charge is -2.30. The van der Waals surface area contributed by atoms with Gasteiger partial charge in [-0.15, -0.1) is 0 Å². The minimum Gasteiger partial charge on any atom is -0.483 e. The highest BCUT2D eigenvalue weighted by molar-refractivity contribution is 5.91. The number of para-hydroxylation sites is 1. The van der Waals surface area contributed by atoms with Crippen LogP contribution in [0.3, 0.4) is 0 Å². The molecule has 3 aromatic rings. The van der Waals surface area contributed by atoms with Crippen molar-refractivity contribution in [2.45, 2.75) is 57.3 Å². The maximum atomic E-state index is 14.5. The molecule has 222 valence electrons. The van der Waals surface area contributed by atoms with Gasteiger partial charge >= 0.3 is 0 Å². The number of aliphatic hydroxyl groups is 1. The number of hydrogen-bond acceptors (Lipinski definition) is 6. The molecule has 2 aromatic carbocycles. The maximum absolute atomic E-state index is 14.5. The van der Waals surface area contributed by atoms with Gasteiger partial charge in [0.05, 0.1) is 12.6 Å². The molecule has 42 heavy (non-hydrogen) atoms. The number of pyridine rings is 1. The molecular formula is C31H34F2N4O5. The van der Waals surface area contributed by atoms with Crippen LogP contribution in [0.1, 0.15) is 28.7 Å². The SMILES string of the molecule is Cc1cccc(C)c1OCC(=O)NC(Cc1ccccc1)C(O)C(=O)N1CC(F)(F)CC1C(=O)NCc1cccnc1. The number of carbonyl (C=O) groups is 3. The average molecular weight is 581 g/mol. The minimum absolute atomic E-state index is 0.0327. The Bertz CT molecular complexity index is 1370. The summed E-state index contributed by atoms with van der Waals surface area (Å²) in [5.41, 5.74) is 3.02. The number of aryl methyl sites for hydroxylation is 2. The van der Waals surface area contributed by atoms with E-state index in [-0.39, 0.29) is 19.6 Å². The predicted molar refractivity (Wildman–Crippen MR) is 151 cm³/mol. The molecule has 1 saturated heterocycles. The Labute approximate surface area is 242 Å². The standard InChI is InChI=1S/C31H34F2N4O5/c1-20-8-6-9-21(2)28(20)42-18-26(38)36-24(14-22-10-4-3-5-11-22)27(39)30(41)37-19-31(32,33)15-25(37)29(40)35-17-23-12-7-13-34-16-23/h3-13,16,24-25,27,39H,14-15,17-19H2,1-2H3,(H,35,40)(H,36,38). The molecule has 2 heterocycles. The highest BCUT2D eigenvalue weighted by Gasteiger charge is 2.51. The van der Waals surface area contributed by atoms with Gasteiger partial charge in [0.15, 0.2) is 12.7 Å².